The van der Waals surface area contributed by atoms with Gasteiger partial charge in [-0.2, -0.15) is 0 Å². The van der Waals surface area contributed by atoms with Gasteiger partial charge in [0.05, 0.1) is 8.99 Å². The largest absolute Gasteiger partial charge is 0.119 e. The van der Waals surface area contributed by atoms with Crippen molar-refractivity contribution in [3.8, 4) is 0 Å². The van der Waals surface area contributed by atoms with E-state index in [4.69, 9.17) is 23.2 Å². The molecule has 2 radical (unpaired) electrons. The minimum atomic E-state index is -0.846. The van der Waals surface area contributed by atoms with Crippen LogP contribution in [0.25, 0.3) is 43.8 Å². The molecule has 2 unspecified atom stereocenters. The van der Waals surface area contributed by atoms with Gasteiger partial charge in [-0.05, 0) is 115 Å². The van der Waals surface area contributed by atoms with E-state index in [0.717, 1.165) is 24.0 Å². The van der Waals surface area contributed by atoms with Crippen LogP contribution in [0.15, 0.2) is 121 Å². The van der Waals surface area contributed by atoms with Gasteiger partial charge in [0, 0.05) is 26.2 Å². The first-order valence-electron chi connectivity index (χ1n) is 16.6. The Morgan fingerprint density at radius 3 is 1.21 bits per heavy atom. The molecule has 6 aromatic rings. The van der Waals surface area contributed by atoms with Crippen LogP contribution < -0.4 is 0 Å². The first-order valence-corrected chi connectivity index (χ1v) is 18.4. The Morgan fingerprint density at radius 1 is 0.458 bits per heavy atom. The third-order valence-electron chi connectivity index (χ3n) is 10.5. The molecule has 0 spiro atoms. The summed E-state index contributed by atoms with van der Waals surface area (Å²) in [5.41, 5.74) is 14.6. The standard InChI is InChI=1S/C44H36Cl2Si.Zr/c1-5-29-23-25-37(35-19-9-7-17-33(29)35)41-27(3)31-15-11-13-21-39(31)43(41,45)47-44(46)40-22-14-12-16-32(40)28(4)42(44)38-26-24-30(6-2)34-18-8-10-20-36(34)38;/h7-26H,5-6H2,1-4H3;. The van der Waals surface area contributed by atoms with Crippen molar-refractivity contribution in [3.63, 3.8) is 0 Å². The fourth-order valence-electron chi connectivity index (χ4n) is 8.32. The molecule has 8 rings (SSSR count). The number of rotatable bonds is 6. The van der Waals surface area contributed by atoms with Crippen LogP contribution in [-0.2, 0) is 48.0 Å². The van der Waals surface area contributed by atoms with Crippen molar-refractivity contribution >= 4 is 76.6 Å². The van der Waals surface area contributed by atoms with Gasteiger partial charge >= 0.3 is 0 Å². The van der Waals surface area contributed by atoms with Crippen molar-refractivity contribution in [1.29, 1.82) is 0 Å². The first kappa shape index (κ1) is 33.5. The van der Waals surface area contributed by atoms with E-state index in [9.17, 15) is 0 Å². The van der Waals surface area contributed by atoms with Crippen LogP contribution in [0.1, 0.15) is 72.2 Å². The van der Waals surface area contributed by atoms with Gasteiger partial charge in [0.1, 0.15) is 9.52 Å². The molecule has 48 heavy (non-hydrogen) atoms. The molecular weight excluding hydrogens is 719 g/mol. The maximum atomic E-state index is 8.32. The summed E-state index contributed by atoms with van der Waals surface area (Å²) in [7, 11) is 0.115. The molecule has 0 aromatic heterocycles. The predicted octanol–water partition coefficient (Wildman–Crippen LogP) is 12.2. The van der Waals surface area contributed by atoms with E-state index in [-0.39, 0.29) is 35.7 Å². The zero-order chi connectivity index (χ0) is 32.5. The third kappa shape index (κ3) is 4.85. The van der Waals surface area contributed by atoms with E-state index < -0.39 is 8.99 Å². The molecule has 0 aliphatic heterocycles. The normalized spacial score (nSPS) is 20.0. The van der Waals surface area contributed by atoms with Gasteiger partial charge in [0.25, 0.3) is 0 Å². The molecule has 2 atom stereocenters. The van der Waals surface area contributed by atoms with Gasteiger partial charge in [0.2, 0.25) is 0 Å². The molecule has 2 aliphatic rings. The molecular formula is C44H36Cl2SiZr. The first-order chi connectivity index (χ1) is 22.8. The molecule has 6 aromatic carbocycles. The van der Waals surface area contributed by atoms with Gasteiger partial charge in [0.15, 0.2) is 0 Å². The van der Waals surface area contributed by atoms with Crippen molar-refractivity contribution in [1.82, 2.24) is 0 Å². The Balaban J connectivity index is 0.00000364. The van der Waals surface area contributed by atoms with Gasteiger partial charge in [-0.25, -0.2) is 0 Å². The van der Waals surface area contributed by atoms with Crippen LogP contribution in [0.4, 0.5) is 0 Å². The molecule has 0 nitrogen and oxygen atoms in total. The number of halogens is 2. The SMILES string of the molecule is CCc1ccc(C2=C(C)c3ccccc3C2(Cl)[Si]C2(Cl)C(c3ccc(CC)c4ccccc34)=C(C)c3ccccc32)c2ccccc12.[Zr]. The average Bonchev–Trinajstić information content (AvgIpc) is 3.46. The van der Waals surface area contributed by atoms with Gasteiger partial charge < -0.3 is 0 Å². The molecule has 0 heterocycles. The summed E-state index contributed by atoms with van der Waals surface area (Å²) < 4.78 is -1.69. The minimum Gasteiger partial charge on any atom is -0.113 e. The van der Waals surface area contributed by atoms with E-state index in [2.05, 4.69) is 149 Å². The van der Waals surface area contributed by atoms with Crippen molar-refractivity contribution < 1.29 is 26.2 Å². The third-order valence-corrected chi connectivity index (χ3v) is 13.6. The van der Waals surface area contributed by atoms with E-state index in [1.165, 1.54) is 77.2 Å². The molecule has 0 saturated heterocycles. The molecule has 0 N–H and O–H groups in total. The Bertz CT molecular complexity index is 2150. The Morgan fingerprint density at radius 2 is 0.812 bits per heavy atom. The summed E-state index contributed by atoms with van der Waals surface area (Å²) in [5, 5.41) is 5.06. The monoisotopic (exact) mass is 752 g/mol. The smallest absolute Gasteiger partial charge is 0.113 e. The van der Waals surface area contributed by atoms with Crippen molar-refractivity contribution in [2.45, 2.75) is 49.5 Å². The molecule has 0 saturated carbocycles. The number of hydrogen-bond donors (Lipinski definition) is 0. The van der Waals surface area contributed by atoms with Gasteiger partial charge in [-0.15, -0.1) is 23.2 Å². The van der Waals surface area contributed by atoms with Gasteiger partial charge in [-0.3, -0.25) is 0 Å². The molecule has 0 bridgehead atoms. The summed E-state index contributed by atoms with van der Waals surface area (Å²) >= 11 is 16.6. The number of aryl methyl sites for hydroxylation is 2. The van der Waals surface area contributed by atoms with Crippen molar-refractivity contribution in [2.24, 2.45) is 0 Å². The van der Waals surface area contributed by atoms with E-state index in [0.29, 0.717) is 0 Å². The average molecular weight is 755 g/mol. The molecule has 2 aliphatic carbocycles. The van der Waals surface area contributed by atoms with Crippen molar-refractivity contribution in [2.75, 3.05) is 0 Å². The minimum absolute atomic E-state index is 0. The fraction of sp³-hybridized carbons (Fsp3) is 0.182. The number of alkyl halides is 2. The van der Waals surface area contributed by atoms with Crippen LogP contribution in [0.5, 0.6) is 0 Å². The zero-order valence-corrected chi connectivity index (χ0v) is 32.7. The van der Waals surface area contributed by atoms with Crippen LogP contribution in [0.2, 0.25) is 0 Å². The number of benzene rings is 6. The maximum Gasteiger partial charge on any atom is 0.119 e. The van der Waals surface area contributed by atoms with Crippen LogP contribution >= 0.6 is 23.2 Å². The summed E-state index contributed by atoms with van der Waals surface area (Å²) in [4.78, 5) is 0. The predicted molar refractivity (Wildman–Crippen MR) is 205 cm³/mol. The van der Waals surface area contributed by atoms with E-state index in [1.807, 2.05) is 0 Å². The number of hydrogen-bond acceptors (Lipinski definition) is 0. The summed E-state index contributed by atoms with van der Waals surface area (Å²) in [6.07, 6.45) is 1.96. The van der Waals surface area contributed by atoms with Gasteiger partial charge in [-0.1, -0.05) is 135 Å². The fourth-order valence-corrected chi connectivity index (χ4v) is 12.2. The Kier molecular flexibility index (Phi) is 8.87. The van der Waals surface area contributed by atoms with E-state index in [1.54, 1.807) is 0 Å². The Labute approximate surface area is 315 Å². The van der Waals surface area contributed by atoms with Crippen LogP contribution in [0, 0.1) is 0 Å². The Hall–Kier alpha value is -3.00. The summed E-state index contributed by atoms with van der Waals surface area (Å²) in [5.74, 6) is 0. The second-order valence-electron chi connectivity index (χ2n) is 12.9. The molecule has 0 amide bonds. The molecule has 4 heteroatoms. The quantitative estimate of drug-likeness (QED) is 0.117. The molecule has 234 valence electrons. The maximum absolute atomic E-state index is 8.32. The summed E-state index contributed by atoms with van der Waals surface area (Å²) in [6.45, 7) is 8.94. The topological polar surface area (TPSA) is 0 Å². The van der Waals surface area contributed by atoms with E-state index >= 15 is 0 Å². The molecule has 0 fully saturated rings. The number of allylic oxidation sites excluding steroid dienone is 4. The second kappa shape index (κ2) is 12.7. The summed E-state index contributed by atoms with van der Waals surface area (Å²) in [6, 6.07) is 44.2. The zero-order valence-electron chi connectivity index (χ0n) is 27.7. The second-order valence-corrected chi connectivity index (χ2v) is 16.4. The van der Waals surface area contributed by atoms with Crippen molar-refractivity contribution in [3.05, 3.63) is 166 Å². The number of fused-ring (bicyclic) bond motifs is 4. The van der Waals surface area contributed by atoms with Crippen LogP contribution in [0.3, 0.4) is 0 Å². The van der Waals surface area contributed by atoms with Crippen LogP contribution in [-0.4, -0.2) is 9.52 Å².